The van der Waals surface area contributed by atoms with Crippen LogP contribution in [-0.2, 0) is 0 Å². The van der Waals surface area contributed by atoms with Crippen LogP contribution in [0.5, 0.6) is 0 Å². The van der Waals surface area contributed by atoms with E-state index in [9.17, 15) is 0 Å². The van der Waals surface area contributed by atoms with E-state index in [2.05, 4.69) is 81.4 Å². The fourth-order valence-electron chi connectivity index (χ4n) is 3.98. The molecule has 0 saturated carbocycles. The Labute approximate surface area is 143 Å². The summed E-state index contributed by atoms with van der Waals surface area (Å²) in [7, 11) is 0. The Bertz CT molecular complexity index is 522. The van der Waals surface area contributed by atoms with E-state index < -0.39 is 6.60 Å². The fraction of sp³-hybridized carbons (Fsp3) is 0.409. The third-order valence-corrected chi connectivity index (χ3v) is 12.7. The summed E-state index contributed by atoms with van der Waals surface area (Å²) in [6.45, 7) is 6.94. The quantitative estimate of drug-likeness (QED) is 0.524. The number of unbranched alkanes of at least 4 members (excludes halogenated alkanes) is 2. The summed E-state index contributed by atoms with van der Waals surface area (Å²) >= 11 is 0. The van der Waals surface area contributed by atoms with E-state index in [0.717, 1.165) is 6.16 Å². The molecule has 0 fully saturated rings. The molecule has 0 saturated heterocycles. The fourth-order valence-corrected chi connectivity index (χ4v) is 10.6. The van der Waals surface area contributed by atoms with Crippen LogP contribution in [0.1, 0.15) is 39.5 Å². The average Bonchev–Trinajstić information content (AvgIpc) is 2.64. The van der Waals surface area contributed by atoms with Crippen molar-refractivity contribution in [3.05, 3.63) is 67.6 Å². The molecule has 0 heterocycles. The molecule has 0 bridgehead atoms. The van der Waals surface area contributed by atoms with Gasteiger partial charge in [-0.3, -0.25) is 0 Å². The van der Waals surface area contributed by atoms with Gasteiger partial charge in [-0.15, -0.1) is 0 Å². The van der Waals surface area contributed by atoms with Gasteiger partial charge >= 0.3 is 143 Å². The molecule has 2 aromatic rings. The van der Waals surface area contributed by atoms with Gasteiger partial charge in [-0.1, -0.05) is 0 Å². The van der Waals surface area contributed by atoms with Gasteiger partial charge in [-0.25, -0.2) is 0 Å². The minimum absolute atomic E-state index is 1.04. The molecular formula is C22H32P. The Balaban J connectivity index is 2.71. The summed E-state index contributed by atoms with van der Waals surface area (Å²) in [4.78, 5) is 0. The topological polar surface area (TPSA) is 0 Å². The van der Waals surface area contributed by atoms with Gasteiger partial charge in [0.15, 0.2) is 0 Å². The van der Waals surface area contributed by atoms with Crippen LogP contribution in [0.3, 0.4) is 0 Å². The van der Waals surface area contributed by atoms with Crippen molar-refractivity contribution in [2.24, 2.45) is 0 Å². The molecule has 2 aromatic carbocycles. The maximum absolute atomic E-state index is 4.55. The zero-order valence-corrected chi connectivity index (χ0v) is 15.8. The molecule has 0 amide bonds. The van der Waals surface area contributed by atoms with Crippen molar-refractivity contribution in [3.8, 4) is 0 Å². The second-order valence-corrected chi connectivity index (χ2v) is 12.6. The third-order valence-electron chi connectivity index (χ3n) is 5.51. The van der Waals surface area contributed by atoms with Crippen LogP contribution in [0.25, 0.3) is 0 Å². The second-order valence-electron chi connectivity index (χ2n) is 6.78. The second kappa shape index (κ2) is 8.11. The van der Waals surface area contributed by atoms with Gasteiger partial charge in [-0.05, 0) is 0 Å². The van der Waals surface area contributed by atoms with Crippen LogP contribution in [0.15, 0.2) is 60.7 Å². The summed E-state index contributed by atoms with van der Waals surface area (Å²) in [5.41, 5.74) is 0. The van der Waals surface area contributed by atoms with Crippen molar-refractivity contribution in [2.45, 2.75) is 39.5 Å². The molecule has 1 radical (unpaired) electrons. The summed E-state index contributed by atoms with van der Waals surface area (Å²) in [5.74, 6) is 0. The van der Waals surface area contributed by atoms with Crippen LogP contribution in [0, 0.1) is 6.92 Å². The van der Waals surface area contributed by atoms with E-state index in [1.807, 2.05) is 0 Å². The van der Waals surface area contributed by atoms with Gasteiger partial charge in [0.25, 0.3) is 0 Å². The Morgan fingerprint density at radius 1 is 0.696 bits per heavy atom. The first-order chi connectivity index (χ1) is 11.2. The summed E-state index contributed by atoms with van der Waals surface area (Å²) in [5, 5.41) is 3.14. The summed E-state index contributed by atoms with van der Waals surface area (Å²) in [6, 6.07) is 22.7. The van der Waals surface area contributed by atoms with Crippen molar-refractivity contribution in [3.63, 3.8) is 0 Å². The van der Waals surface area contributed by atoms with Gasteiger partial charge in [0, 0.05) is 0 Å². The number of benzene rings is 2. The van der Waals surface area contributed by atoms with E-state index in [1.165, 1.54) is 38.0 Å². The van der Waals surface area contributed by atoms with Gasteiger partial charge in [0.2, 0.25) is 0 Å². The SMILES string of the molecule is [CH2]CP(CCCC)(CCCC)(c1ccccc1)c1ccccc1. The van der Waals surface area contributed by atoms with Gasteiger partial charge in [0.1, 0.15) is 0 Å². The van der Waals surface area contributed by atoms with Crippen LogP contribution < -0.4 is 10.6 Å². The molecule has 0 spiro atoms. The molecule has 1 heteroatoms. The zero-order valence-electron chi connectivity index (χ0n) is 14.9. The standard InChI is InChI=1S/C22H32P/c1-4-7-19-23(6-3,20-8-5-2,21-15-11-9-12-16-21)22-17-13-10-14-18-22/h9-18H,3-8,19-20H2,1-2H3. The van der Waals surface area contributed by atoms with E-state index in [1.54, 1.807) is 10.6 Å². The van der Waals surface area contributed by atoms with Crippen molar-refractivity contribution in [1.29, 1.82) is 0 Å². The molecule has 2 rings (SSSR count). The Morgan fingerprint density at radius 2 is 1.09 bits per heavy atom. The van der Waals surface area contributed by atoms with E-state index in [-0.39, 0.29) is 0 Å². The number of hydrogen-bond acceptors (Lipinski definition) is 0. The normalized spacial score (nSPS) is 13.4. The van der Waals surface area contributed by atoms with Gasteiger partial charge < -0.3 is 0 Å². The van der Waals surface area contributed by atoms with E-state index >= 15 is 0 Å². The maximum atomic E-state index is 4.55. The molecule has 0 aromatic heterocycles. The first-order valence-electron chi connectivity index (χ1n) is 9.13. The molecule has 0 N–H and O–H groups in total. The van der Waals surface area contributed by atoms with E-state index in [0.29, 0.717) is 0 Å². The Morgan fingerprint density at radius 3 is 1.39 bits per heavy atom. The summed E-state index contributed by atoms with van der Waals surface area (Å²) < 4.78 is 0. The molecule has 0 nitrogen and oxygen atoms in total. The zero-order chi connectivity index (χ0) is 16.6. The first kappa shape index (κ1) is 18.2. The number of hydrogen-bond donors (Lipinski definition) is 0. The molecule has 0 atom stereocenters. The molecule has 0 aliphatic heterocycles. The van der Waals surface area contributed by atoms with E-state index in [4.69, 9.17) is 0 Å². The monoisotopic (exact) mass is 327 g/mol. The Kier molecular flexibility index (Phi) is 6.42. The predicted octanol–water partition coefficient (Wildman–Crippen LogP) is 5.62. The molecule has 0 unspecified atom stereocenters. The van der Waals surface area contributed by atoms with Crippen LogP contribution in [0.2, 0.25) is 0 Å². The van der Waals surface area contributed by atoms with Gasteiger partial charge in [-0.2, -0.15) is 0 Å². The molecule has 23 heavy (non-hydrogen) atoms. The average molecular weight is 327 g/mol. The molecule has 0 aliphatic carbocycles. The van der Waals surface area contributed by atoms with Crippen LogP contribution >= 0.6 is 6.60 Å². The van der Waals surface area contributed by atoms with Crippen molar-refractivity contribution >= 4 is 17.2 Å². The Hall–Kier alpha value is -1.13. The number of rotatable bonds is 9. The molecule has 0 aliphatic rings. The van der Waals surface area contributed by atoms with Crippen molar-refractivity contribution < 1.29 is 0 Å². The molecule has 125 valence electrons. The van der Waals surface area contributed by atoms with Crippen molar-refractivity contribution in [1.82, 2.24) is 0 Å². The third kappa shape index (κ3) is 3.38. The summed E-state index contributed by atoms with van der Waals surface area (Å²) in [6.07, 6.45) is 8.74. The molecular weight excluding hydrogens is 295 g/mol. The van der Waals surface area contributed by atoms with Crippen molar-refractivity contribution in [2.75, 3.05) is 18.5 Å². The predicted molar refractivity (Wildman–Crippen MR) is 109 cm³/mol. The van der Waals surface area contributed by atoms with Crippen LogP contribution in [0.4, 0.5) is 0 Å². The van der Waals surface area contributed by atoms with Gasteiger partial charge in [0.05, 0.1) is 0 Å². The minimum atomic E-state index is -2.23. The first-order valence-corrected chi connectivity index (χ1v) is 11.9. The van der Waals surface area contributed by atoms with Crippen LogP contribution in [-0.4, -0.2) is 18.5 Å².